The molecule has 0 aliphatic heterocycles. The number of hydrogen-bond donors (Lipinski definition) is 1. The zero-order valence-corrected chi connectivity index (χ0v) is 8.32. The van der Waals surface area contributed by atoms with Gasteiger partial charge in [-0.25, -0.2) is 4.79 Å². The number of aliphatic carboxylic acids is 1. The Labute approximate surface area is 79.1 Å². The van der Waals surface area contributed by atoms with Gasteiger partial charge < -0.3 is 9.84 Å². The molecule has 1 fully saturated rings. The number of carbonyl (C=O) groups is 1. The molecule has 0 saturated heterocycles. The van der Waals surface area contributed by atoms with E-state index >= 15 is 0 Å². The van der Waals surface area contributed by atoms with E-state index in [2.05, 4.69) is 0 Å². The van der Waals surface area contributed by atoms with Crippen molar-refractivity contribution in [3.8, 4) is 0 Å². The monoisotopic (exact) mass is 186 g/mol. The third kappa shape index (κ3) is 2.99. The molecule has 1 saturated carbocycles. The van der Waals surface area contributed by atoms with Crippen molar-refractivity contribution in [2.24, 2.45) is 11.8 Å². The fraction of sp³-hybridized carbons (Fsp3) is 0.900. The van der Waals surface area contributed by atoms with E-state index in [0.29, 0.717) is 12.5 Å². The summed E-state index contributed by atoms with van der Waals surface area (Å²) in [5.74, 6) is -0.136. The lowest BCUT2D eigenvalue weighted by molar-refractivity contribution is -0.157. The minimum atomic E-state index is -0.801. The van der Waals surface area contributed by atoms with Crippen LogP contribution in [0.4, 0.5) is 0 Å². The van der Waals surface area contributed by atoms with Gasteiger partial charge in [0, 0.05) is 0 Å². The van der Waals surface area contributed by atoms with E-state index in [1.165, 1.54) is 0 Å². The molecule has 3 nitrogen and oxygen atoms in total. The van der Waals surface area contributed by atoms with Crippen molar-refractivity contribution in [1.29, 1.82) is 0 Å². The van der Waals surface area contributed by atoms with Crippen LogP contribution >= 0.6 is 0 Å². The maximum absolute atomic E-state index is 10.8. The molecule has 13 heavy (non-hydrogen) atoms. The summed E-state index contributed by atoms with van der Waals surface area (Å²) in [6.07, 6.45) is 2.61. The predicted molar refractivity (Wildman–Crippen MR) is 49.6 cm³/mol. The van der Waals surface area contributed by atoms with Crippen LogP contribution in [0.25, 0.3) is 0 Å². The van der Waals surface area contributed by atoms with Crippen LogP contribution < -0.4 is 0 Å². The maximum atomic E-state index is 10.8. The Morgan fingerprint density at radius 1 is 1.54 bits per heavy atom. The summed E-state index contributed by atoms with van der Waals surface area (Å²) in [6.45, 7) is 4.60. The van der Waals surface area contributed by atoms with Gasteiger partial charge >= 0.3 is 5.97 Å². The second-order valence-electron chi connectivity index (χ2n) is 4.18. The number of ether oxygens (including phenoxy) is 1. The first-order chi connectivity index (χ1) is 6.11. The molecular weight excluding hydrogens is 168 g/mol. The van der Waals surface area contributed by atoms with Crippen molar-refractivity contribution < 1.29 is 14.6 Å². The van der Waals surface area contributed by atoms with Crippen molar-refractivity contribution in [3.63, 3.8) is 0 Å². The zero-order chi connectivity index (χ0) is 9.84. The minimum absolute atomic E-state index is 0.260. The predicted octanol–water partition coefficient (Wildman–Crippen LogP) is 1.91. The van der Waals surface area contributed by atoms with Crippen LogP contribution in [0.1, 0.15) is 33.1 Å². The molecule has 3 heteroatoms. The third-order valence-corrected chi connectivity index (χ3v) is 2.43. The number of carboxylic acid groups (broad SMARTS) is 1. The summed E-state index contributed by atoms with van der Waals surface area (Å²) in [5, 5.41) is 8.90. The standard InChI is InChI=1S/C10H18O3/c1-7(2)6-13-9(10(11)12)8-4-3-5-8/h7-9H,3-6H2,1-2H3,(H,11,12). The van der Waals surface area contributed by atoms with E-state index in [9.17, 15) is 4.79 Å². The van der Waals surface area contributed by atoms with Crippen LogP contribution in [0.3, 0.4) is 0 Å². The average molecular weight is 186 g/mol. The molecule has 1 aliphatic rings. The van der Waals surface area contributed by atoms with Gasteiger partial charge in [-0.05, 0) is 24.7 Å². The van der Waals surface area contributed by atoms with Crippen LogP contribution in [-0.4, -0.2) is 23.8 Å². The quantitative estimate of drug-likeness (QED) is 0.713. The van der Waals surface area contributed by atoms with Gasteiger partial charge in [-0.15, -0.1) is 0 Å². The van der Waals surface area contributed by atoms with E-state index in [1.54, 1.807) is 0 Å². The lowest BCUT2D eigenvalue weighted by Gasteiger charge is -2.31. The van der Waals surface area contributed by atoms with Gasteiger partial charge in [0.1, 0.15) is 0 Å². The Kier molecular flexibility index (Phi) is 3.72. The van der Waals surface area contributed by atoms with Gasteiger partial charge in [-0.2, -0.15) is 0 Å². The molecule has 0 aromatic rings. The normalized spacial score (nSPS) is 19.9. The molecule has 0 bridgehead atoms. The molecule has 0 radical (unpaired) electrons. The molecule has 76 valence electrons. The van der Waals surface area contributed by atoms with Gasteiger partial charge in [0.25, 0.3) is 0 Å². The third-order valence-electron chi connectivity index (χ3n) is 2.43. The van der Waals surface area contributed by atoms with E-state index in [4.69, 9.17) is 9.84 Å². The van der Waals surface area contributed by atoms with Gasteiger partial charge in [-0.1, -0.05) is 20.3 Å². The summed E-state index contributed by atoms with van der Waals surface area (Å²) < 4.78 is 5.37. The Morgan fingerprint density at radius 3 is 2.46 bits per heavy atom. The fourth-order valence-electron chi connectivity index (χ4n) is 1.45. The van der Waals surface area contributed by atoms with Gasteiger partial charge in [-0.3, -0.25) is 0 Å². The molecule has 0 heterocycles. The van der Waals surface area contributed by atoms with E-state index < -0.39 is 12.1 Å². The summed E-state index contributed by atoms with van der Waals surface area (Å²) in [7, 11) is 0. The van der Waals surface area contributed by atoms with Gasteiger partial charge in [0.2, 0.25) is 0 Å². The number of rotatable bonds is 5. The highest BCUT2D eigenvalue weighted by Gasteiger charge is 2.33. The summed E-state index contributed by atoms with van der Waals surface area (Å²) in [5.41, 5.74) is 0. The van der Waals surface area contributed by atoms with Crippen molar-refractivity contribution in [2.75, 3.05) is 6.61 Å². The number of carboxylic acids is 1. The van der Waals surface area contributed by atoms with Crippen LogP contribution in [-0.2, 0) is 9.53 Å². The van der Waals surface area contributed by atoms with E-state index in [-0.39, 0.29) is 5.92 Å². The van der Waals surface area contributed by atoms with Crippen LogP contribution in [0.5, 0.6) is 0 Å². The van der Waals surface area contributed by atoms with E-state index in [1.807, 2.05) is 13.8 Å². The van der Waals surface area contributed by atoms with Gasteiger partial charge in [0.05, 0.1) is 6.61 Å². The molecule has 1 rings (SSSR count). The van der Waals surface area contributed by atoms with Crippen molar-refractivity contribution in [1.82, 2.24) is 0 Å². The molecule has 0 aromatic carbocycles. The Bertz CT molecular complexity index is 173. The molecule has 0 aromatic heterocycles. The lowest BCUT2D eigenvalue weighted by Crippen LogP contribution is -2.37. The lowest BCUT2D eigenvalue weighted by atomic mass is 9.81. The van der Waals surface area contributed by atoms with Gasteiger partial charge in [0.15, 0.2) is 6.10 Å². The summed E-state index contributed by atoms with van der Waals surface area (Å²) in [6, 6.07) is 0. The van der Waals surface area contributed by atoms with E-state index in [0.717, 1.165) is 19.3 Å². The van der Waals surface area contributed by atoms with Crippen molar-refractivity contribution in [2.45, 2.75) is 39.2 Å². The largest absolute Gasteiger partial charge is 0.479 e. The average Bonchev–Trinajstić information content (AvgIpc) is 1.92. The SMILES string of the molecule is CC(C)COC(C(=O)O)C1CCC1. The molecule has 1 N–H and O–H groups in total. The Morgan fingerprint density at radius 2 is 2.15 bits per heavy atom. The molecule has 1 atom stereocenters. The molecule has 1 unspecified atom stereocenters. The van der Waals surface area contributed by atoms with Crippen LogP contribution in [0.15, 0.2) is 0 Å². The summed E-state index contributed by atoms with van der Waals surface area (Å²) in [4.78, 5) is 10.8. The Balaban J connectivity index is 2.33. The highest BCUT2D eigenvalue weighted by molar-refractivity contribution is 5.72. The highest BCUT2D eigenvalue weighted by Crippen LogP contribution is 2.31. The first-order valence-corrected chi connectivity index (χ1v) is 4.95. The molecule has 1 aliphatic carbocycles. The molecular formula is C10H18O3. The topological polar surface area (TPSA) is 46.5 Å². The summed E-state index contributed by atoms with van der Waals surface area (Å²) >= 11 is 0. The smallest absolute Gasteiger partial charge is 0.333 e. The van der Waals surface area contributed by atoms with Crippen LogP contribution in [0, 0.1) is 11.8 Å². The zero-order valence-electron chi connectivity index (χ0n) is 8.32. The fourth-order valence-corrected chi connectivity index (χ4v) is 1.45. The maximum Gasteiger partial charge on any atom is 0.333 e. The minimum Gasteiger partial charge on any atom is -0.479 e. The van der Waals surface area contributed by atoms with Crippen molar-refractivity contribution >= 4 is 5.97 Å². The molecule has 0 amide bonds. The first-order valence-electron chi connectivity index (χ1n) is 4.95. The first kappa shape index (κ1) is 10.5. The molecule has 0 spiro atoms. The second kappa shape index (κ2) is 4.61. The van der Waals surface area contributed by atoms with Crippen molar-refractivity contribution in [3.05, 3.63) is 0 Å². The second-order valence-corrected chi connectivity index (χ2v) is 4.18. The number of hydrogen-bond acceptors (Lipinski definition) is 2. The van der Waals surface area contributed by atoms with Crippen LogP contribution in [0.2, 0.25) is 0 Å². The Hall–Kier alpha value is -0.570. The highest BCUT2D eigenvalue weighted by atomic mass is 16.5.